The average molecular weight is 567 g/mol. The molecule has 0 saturated heterocycles. The van der Waals surface area contributed by atoms with E-state index in [9.17, 15) is 0 Å². The molecule has 5 rings (SSSR count). The molecule has 0 aromatic heterocycles. The Morgan fingerprint density at radius 2 is 1.09 bits per heavy atom. The molecule has 218 valence electrons. The molecule has 1 aliphatic carbocycles. The van der Waals surface area contributed by atoms with Gasteiger partial charge in [-0.2, -0.15) is 0 Å². The van der Waals surface area contributed by atoms with E-state index in [1.165, 1.54) is 56.0 Å². The Balaban J connectivity index is 1.47. The van der Waals surface area contributed by atoms with E-state index in [2.05, 4.69) is 177 Å². The predicted molar refractivity (Wildman–Crippen MR) is 185 cm³/mol. The first-order chi connectivity index (χ1) is 20.9. The van der Waals surface area contributed by atoms with E-state index < -0.39 is 0 Å². The largest absolute Gasteiger partial charge is 0.367 e. The third-order valence-corrected chi connectivity index (χ3v) is 8.15. The summed E-state index contributed by atoms with van der Waals surface area (Å²) < 4.78 is 2.15. The highest BCUT2D eigenvalue weighted by molar-refractivity contribution is 6.04. The van der Waals surface area contributed by atoms with Gasteiger partial charge in [-0.1, -0.05) is 84.4 Å². The molecule has 0 atom stereocenters. The Kier molecular flexibility index (Phi) is 9.73. The Labute approximate surface area is 258 Å². The van der Waals surface area contributed by atoms with E-state index in [4.69, 9.17) is 0 Å². The zero-order chi connectivity index (χ0) is 30.2. The van der Waals surface area contributed by atoms with Gasteiger partial charge in [-0.15, -0.1) is 0 Å². The quantitative estimate of drug-likeness (QED) is 0.178. The second-order valence-corrected chi connectivity index (χ2v) is 11.4. The standard InChI is InChI=1S/C40H44N3/c1-6-42(29-32-13-9-8-10-14-32)38-24-18-35(19-25-38)40(34-16-22-37(23-17-34)41(4)5)36-20-26-39(27-21-36)43(7-2)30-33-15-11-12-31(3)28-33/h8-28H,6-7,29-30H2,1-5H3/q+1. The van der Waals surface area contributed by atoms with E-state index in [-0.39, 0.29) is 0 Å². The van der Waals surface area contributed by atoms with Crippen molar-refractivity contribution in [2.75, 3.05) is 37.0 Å². The maximum atomic E-state index is 2.44. The molecule has 0 fully saturated rings. The van der Waals surface area contributed by atoms with Crippen molar-refractivity contribution < 1.29 is 4.58 Å². The van der Waals surface area contributed by atoms with Crippen molar-refractivity contribution in [3.63, 3.8) is 0 Å². The van der Waals surface area contributed by atoms with Crippen LogP contribution in [0.3, 0.4) is 0 Å². The van der Waals surface area contributed by atoms with Gasteiger partial charge < -0.3 is 9.80 Å². The Bertz CT molecular complexity index is 1620. The topological polar surface area (TPSA) is 9.49 Å². The van der Waals surface area contributed by atoms with Crippen molar-refractivity contribution in [3.8, 4) is 0 Å². The highest BCUT2D eigenvalue weighted by Gasteiger charge is 2.15. The van der Waals surface area contributed by atoms with Crippen LogP contribution in [0.15, 0.2) is 133 Å². The van der Waals surface area contributed by atoms with Crippen LogP contribution >= 0.6 is 0 Å². The lowest BCUT2D eigenvalue weighted by Gasteiger charge is -2.25. The summed E-state index contributed by atoms with van der Waals surface area (Å²) in [6.45, 7) is 10.3. The lowest BCUT2D eigenvalue weighted by Crippen LogP contribution is -2.22. The van der Waals surface area contributed by atoms with Gasteiger partial charge in [0.2, 0.25) is 0 Å². The van der Waals surface area contributed by atoms with Crippen LogP contribution in [-0.4, -0.2) is 37.5 Å². The Morgan fingerprint density at radius 1 is 0.581 bits per heavy atom. The summed E-state index contributed by atoms with van der Waals surface area (Å²) in [6, 6.07) is 37.7. The van der Waals surface area contributed by atoms with Crippen molar-refractivity contribution in [3.05, 3.63) is 161 Å². The first-order valence-corrected chi connectivity index (χ1v) is 15.4. The number of allylic oxidation sites excluding steroid dienone is 5. The number of benzene rings is 4. The van der Waals surface area contributed by atoms with E-state index >= 15 is 0 Å². The number of anilines is 2. The molecule has 0 radical (unpaired) electrons. The van der Waals surface area contributed by atoms with Crippen LogP contribution < -0.4 is 9.80 Å². The fourth-order valence-electron chi connectivity index (χ4n) is 5.71. The Hall–Kier alpha value is -4.63. The Morgan fingerprint density at radius 3 is 1.58 bits per heavy atom. The molecule has 43 heavy (non-hydrogen) atoms. The third-order valence-electron chi connectivity index (χ3n) is 8.15. The molecule has 0 heterocycles. The second kappa shape index (κ2) is 14.0. The van der Waals surface area contributed by atoms with Crippen molar-refractivity contribution in [1.82, 2.24) is 0 Å². The summed E-state index contributed by atoms with van der Waals surface area (Å²) in [6.07, 6.45) is 8.90. The lowest BCUT2D eigenvalue weighted by atomic mass is 9.90. The van der Waals surface area contributed by atoms with Crippen molar-refractivity contribution >= 4 is 22.7 Å². The van der Waals surface area contributed by atoms with Crippen LogP contribution in [0.4, 0.5) is 11.4 Å². The average Bonchev–Trinajstić information content (AvgIpc) is 3.04. The normalized spacial score (nSPS) is 12.4. The van der Waals surface area contributed by atoms with E-state index in [0.29, 0.717) is 0 Å². The molecule has 3 nitrogen and oxygen atoms in total. The molecule has 0 N–H and O–H groups in total. The summed E-state index contributed by atoms with van der Waals surface area (Å²) >= 11 is 0. The van der Waals surface area contributed by atoms with Crippen LogP contribution in [0.2, 0.25) is 0 Å². The summed E-state index contributed by atoms with van der Waals surface area (Å²) in [5.74, 6) is 0. The summed E-state index contributed by atoms with van der Waals surface area (Å²) in [4.78, 5) is 4.86. The highest BCUT2D eigenvalue weighted by atomic mass is 15.1. The summed E-state index contributed by atoms with van der Waals surface area (Å²) in [7, 11) is 4.17. The monoisotopic (exact) mass is 566 g/mol. The second-order valence-electron chi connectivity index (χ2n) is 11.4. The van der Waals surface area contributed by atoms with Crippen LogP contribution in [0.1, 0.15) is 41.7 Å². The zero-order valence-electron chi connectivity index (χ0n) is 26.3. The van der Waals surface area contributed by atoms with Crippen molar-refractivity contribution in [2.45, 2.75) is 33.9 Å². The van der Waals surface area contributed by atoms with Gasteiger partial charge in [-0.3, -0.25) is 0 Å². The maximum Gasteiger partial charge on any atom is 0.199 e. The fraction of sp³-hybridized carbons (Fsp3) is 0.225. The minimum atomic E-state index is 0.900. The van der Waals surface area contributed by atoms with Crippen molar-refractivity contribution in [1.29, 1.82) is 0 Å². The van der Waals surface area contributed by atoms with Gasteiger partial charge in [0.15, 0.2) is 5.71 Å². The van der Waals surface area contributed by atoms with Crippen LogP contribution in [0.25, 0.3) is 5.57 Å². The third kappa shape index (κ3) is 7.42. The van der Waals surface area contributed by atoms with Gasteiger partial charge in [-0.25, -0.2) is 4.58 Å². The molecule has 0 bridgehead atoms. The molecule has 4 aromatic carbocycles. The van der Waals surface area contributed by atoms with E-state index in [0.717, 1.165) is 26.2 Å². The molecule has 4 aromatic rings. The minimum Gasteiger partial charge on any atom is -0.367 e. The smallest absolute Gasteiger partial charge is 0.199 e. The number of hydrogen-bond donors (Lipinski definition) is 0. The molecule has 0 unspecified atom stereocenters. The van der Waals surface area contributed by atoms with E-state index in [1.807, 2.05) is 0 Å². The minimum absolute atomic E-state index is 0.900. The maximum absolute atomic E-state index is 2.44. The molecular formula is C40H44N3+. The van der Waals surface area contributed by atoms with Gasteiger partial charge in [-0.05, 0) is 90.6 Å². The SMILES string of the molecule is CCN(Cc1ccccc1)c1ccc(C(=C2C=CC(=[N+](C)C)C=C2)c2ccc(N(CC)Cc3cccc(C)c3)cc2)cc1. The summed E-state index contributed by atoms with van der Waals surface area (Å²) in [5, 5.41) is 0. The molecule has 0 saturated carbocycles. The summed E-state index contributed by atoms with van der Waals surface area (Å²) in [5.41, 5.74) is 12.5. The number of hydrogen-bond acceptors (Lipinski definition) is 2. The van der Waals surface area contributed by atoms with Gasteiger partial charge in [0.25, 0.3) is 0 Å². The lowest BCUT2D eigenvalue weighted by molar-refractivity contribution is -0.462. The molecule has 0 spiro atoms. The fourth-order valence-corrected chi connectivity index (χ4v) is 5.71. The highest BCUT2D eigenvalue weighted by Crippen LogP contribution is 2.32. The predicted octanol–water partition coefficient (Wildman–Crippen LogP) is 8.69. The molecule has 3 heteroatoms. The molecular weight excluding hydrogens is 522 g/mol. The molecule has 0 aliphatic heterocycles. The molecule has 0 amide bonds. The van der Waals surface area contributed by atoms with Crippen LogP contribution in [-0.2, 0) is 13.1 Å². The number of rotatable bonds is 10. The van der Waals surface area contributed by atoms with E-state index in [1.54, 1.807) is 0 Å². The zero-order valence-corrected chi connectivity index (χ0v) is 26.3. The van der Waals surface area contributed by atoms with Gasteiger partial charge >= 0.3 is 0 Å². The van der Waals surface area contributed by atoms with Crippen LogP contribution in [0.5, 0.6) is 0 Å². The van der Waals surface area contributed by atoms with Gasteiger partial charge in [0, 0.05) is 49.7 Å². The first kappa shape index (κ1) is 29.8. The van der Waals surface area contributed by atoms with Crippen molar-refractivity contribution in [2.24, 2.45) is 0 Å². The molecule has 1 aliphatic rings. The van der Waals surface area contributed by atoms with Gasteiger partial charge in [0.05, 0.1) is 0 Å². The number of aryl methyl sites for hydroxylation is 1. The van der Waals surface area contributed by atoms with Gasteiger partial charge in [0.1, 0.15) is 14.1 Å². The number of nitrogens with zero attached hydrogens (tertiary/aromatic N) is 3. The van der Waals surface area contributed by atoms with Crippen LogP contribution in [0, 0.1) is 6.92 Å². The first-order valence-electron chi connectivity index (χ1n) is 15.4.